The highest BCUT2D eigenvalue weighted by Crippen LogP contribution is 2.26. The molecule has 2 N–H and O–H groups in total. The van der Waals surface area contributed by atoms with Crippen molar-refractivity contribution in [3.05, 3.63) is 29.3 Å². The Morgan fingerprint density at radius 1 is 1.38 bits per heavy atom. The summed E-state index contributed by atoms with van der Waals surface area (Å²) >= 11 is 0. The molecular weight excluding hydrogens is 98.1 g/mol. The van der Waals surface area contributed by atoms with E-state index in [-0.39, 0.29) is 0 Å². The van der Waals surface area contributed by atoms with E-state index >= 15 is 0 Å². The van der Waals surface area contributed by atoms with Crippen LogP contribution in [0, 0.1) is 0 Å². The Balaban J connectivity index is 2.72. The molecule has 1 heteroatoms. The van der Waals surface area contributed by atoms with Crippen molar-refractivity contribution in [2.45, 2.75) is 6.42 Å². The Hall–Kier alpha value is -0.980. The van der Waals surface area contributed by atoms with Crippen molar-refractivity contribution < 1.29 is 0 Å². The second kappa shape index (κ2) is 1.05. The zero-order chi connectivity index (χ0) is 5.56. The van der Waals surface area contributed by atoms with Gasteiger partial charge in [-0.25, -0.2) is 0 Å². The molecule has 8 heavy (non-hydrogen) atoms. The lowest BCUT2D eigenvalue weighted by molar-refractivity contribution is 1.10. The molecule has 0 atom stereocenters. The summed E-state index contributed by atoms with van der Waals surface area (Å²) in [5, 5.41) is 0. The van der Waals surface area contributed by atoms with E-state index in [0.717, 1.165) is 12.1 Å². The molecular formula is C7H7N. The van der Waals surface area contributed by atoms with Gasteiger partial charge in [0.05, 0.1) is 0 Å². The first kappa shape index (κ1) is 3.96. The summed E-state index contributed by atoms with van der Waals surface area (Å²) in [6, 6.07) is 6.17. The molecule has 0 heterocycles. The predicted octanol–water partition coefficient (Wildman–Crippen LogP) is 1.17. The maximum Gasteiger partial charge on any atom is 0.0350 e. The van der Waals surface area contributed by atoms with Gasteiger partial charge in [0.2, 0.25) is 0 Å². The van der Waals surface area contributed by atoms with Crippen LogP contribution >= 0.6 is 0 Å². The number of nitrogens with two attached hydrogens (primary N) is 1. The van der Waals surface area contributed by atoms with E-state index in [9.17, 15) is 0 Å². The van der Waals surface area contributed by atoms with Crippen molar-refractivity contribution in [3.8, 4) is 0 Å². The van der Waals surface area contributed by atoms with Gasteiger partial charge in [-0.15, -0.1) is 0 Å². The third-order valence-corrected chi connectivity index (χ3v) is 1.60. The Kier molecular flexibility index (Phi) is 0.519. The van der Waals surface area contributed by atoms with Crippen LogP contribution in [0.15, 0.2) is 18.2 Å². The standard InChI is InChI=1S/C7H7N/c8-7-2-1-5-3-6(7)4-5/h1-3H,4,8H2. The van der Waals surface area contributed by atoms with E-state index in [0.29, 0.717) is 0 Å². The van der Waals surface area contributed by atoms with E-state index in [1.807, 2.05) is 6.07 Å². The Morgan fingerprint density at radius 3 is 2.38 bits per heavy atom. The molecule has 1 aromatic carbocycles. The lowest BCUT2D eigenvalue weighted by Gasteiger charge is -2.15. The lowest BCUT2D eigenvalue weighted by atomic mass is 9.92. The van der Waals surface area contributed by atoms with Crippen molar-refractivity contribution in [2.24, 2.45) is 0 Å². The van der Waals surface area contributed by atoms with Crippen LogP contribution in [-0.4, -0.2) is 0 Å². The normalized spacial score (nSPS) is 13.0. The molecule has 3 rings (SSSR count). The fraction of sp³-hybridized carbons (Fsp3) is 0.143. The number of hydrogen-bond donors (Lipinski definition) is 1. The van der Waals surface area contributed by atoms with Gasteiger partial charge < -0.3 is 5.73 Å². The van der Waals surface area contributed by atoms with E-state index in [1.54, 1.807) is 0 Å². The maximum absolute atomic E-state index is 5.56. The van der Waals surface area contributed by atoms with Crippen molar-refractivity contribution >= 4 is 5.69 Å². The largest absolute Gasteiger partial charge is 0.398 e. The monoisotopic (exact) mass is 105 g/mol. The highest BCUT2D eigenvalue weighted by atomic mass is 14.6. The Morgan fingerprint density at radius 2 is 2.12 bits per heavy atom. The van der Waals surface area contributed by atoms with Gasteiger partial charge in [0.15, 0.2) is 0 Å². The van der Waals surface area contributed by atoms with Gasteiger partial charge in [0, 0.05) is 5.69 Å². The zero-order valence-corrected chi connectivity index (χ0v) is 4.52. The van der Waals surface area contributed by atoms with E-state index in [4.69, 9.17) is 5.73 Å². The van der Waals surface area contributed by atoms with Crippen LogP contribution in [0.5, 0.6) is 0 Å². The van der Waals surface area contributed by atoms with Crippen molar-refractivity contribution in [1.29, 1.82) is 0 Å². The SMILES string of the molecule is Nc1ccc2cc1C2. The second-order valence-electron chi connectivity index (χ2n) is 2.21. The summed E-state index contributed by atoms with van der Waals surface area (Å²) in [6.45, 7) is 0. The fourth-order valence-corrected chi connectivity index (χ4v) is 1.01. The van der Waals surface area contributed by atoms with Gasteiger partial charge in [-0.1, -0.05) is 12.1 Å². The van der Waals surface area contributed by atoms with Crippen LogP contribution in [0.2, 0.25) is 0 Å². The van der Waals surface area contributed by atoms with Crippen LogP contribution in [0.4, 0.5) is 5.69 Å². The number of anilines is 1. The van der Waals surface area contributed by atoms with Gasteiger partial charge in [0.1, 0.15) is 0 Å². The van der Waals surface area contributed by atoms with Crippen molar-refractivity contribution in [3.63, 3.8) is 0 Å². The van der Waals surface area contributed by atoms with E-state index in [2.05, 4.69) is 12.1 Å². The molecule has 0 aliphatic heterocycles. The minimum atomic E-state index is 0.944. The molecule has 1 aromatic rings. The number of benzene rings is 1. The number of hydrogen-bond acceptors (Lipinski definition) is 1. The quantitative estimate of drug-likeness (QED) is 0.500. The first-order chi connectivity index (χ1) is 3.86. The second-order valence-corrected chi connectivity index (χ2v) is 2.21. The highest BCUT2D eigenvalue weighted by molar-refractivity contribution is 5.56. The number of nitrogen functional groups attached to an aromatic ring is 1. The Bertz CT molecular complexity index is 219. The molecule has 0 saturated heterocycles. The topological polar surface area (TPSA) is 26.0 Å². The van der Waals surface area contributed by atoms with Gasteiger partial charge in [-0.3, -0.25) is 0 Å². The molecule has 0 aromatic heterocycles. The lowest BCUT2D eigenvalue weighted by Crippen LogP contribution is -2.04. The van der Waals surface area contributed by atoms with E-state index in [1.165, 1.54) is 11.1 Å². The first-order valence-electron chi connectivity index (χ1n) is 2.73. The fourth-order valence-electron chi connectivity index (χ4n) is 1.01. The van der Waals surface area contributed by atoms with Crippen molar-refractivity contribution in [1.82, 2.24) is 0 Å². The molecule has 0 spiro atoms. The highest BCUT2D eigenvalue weighted by Gasteiger charge is 2.09. The van der Waals surface area contributed by atoms with Gasteiger partial charge in [0.25, 0.3) is 0 Å². The summed E-state index contributed by atoms with van der Waals surface area (Å²) in [5.41, 5.74) is 9.23. The molecule has 40 valence electrons. The number of rotatable bonds is 0. The number of fused-ring (bicyclic) bond motifs is 2. The molecule has 0 radical (unpaired) electrons. The first-order valence-corrected chi connectivity index (χ1v) is 2.73. The van der Waals surface area contributed by atoms with Gasteiger partial charge in [-0.05, 0) is 23.6 Å². The zero-order valence-electron chi connectivity index (χ0n) is 4.52. The summed E-state index contributed by atoms with van der Waals surface area (Å²) in [6.07, 6.45) is 1.10. The summed E-state index contributed by atoms with van der Waals surface area (Å²) in [4.78, 5) is 0. The average Bonchev–Trinajstić information content (AvgIpc) is 1.62. The summed E-state index contributed by atoms with van der Waals surface area (Å²) in [7, 11) is 0. The molecule has 0 unspecified atom stereocenters. The van der Waals surface area contributed by atoms with Crippen LogP contribution in [0.3, 0.4) is 0 Å². The summed E-state index contributed by atoms with van der Waals surface area (Å²) < 4.78 is 0. The molecule has 0 fully saturated rings. The molecule has 0 saturated carbocycles. The predicted molar refractivity (Wildman–Crippen MR) is 33.7 cm³/mol. The molecule has 2 bridgehead atoms. The maximum atomic E-state index is 5.56. The van der Waals surface area contributed by atoms with Crippen LogP contribution in [0.1, 0.15) is 11.1 Å². The smallest absolute Gasteiger partial charge is 0.0350 e. The van der Waals surface area contributed by atoms with Crippen LogP contribution in [0.25, 0.3) is 0 Å². The molecule has 0 amide bonds. The van der Waals surface area contributed by atoms with E-state index < -0.39 is 0 Å². The molecule has 2 aliphatic rings. The average molecular weight is 105 g/mol. The Labute approximate surface area is 48.1 Å². The van der Waals surface area contributed by atoms with Crippen LogP contribution in [-0.2, 0) is 6.42 Å². The van der Waals surface area contributed by atoms with Crippen LogP contribution < -0.4 is 5.73 Å². The van der Waals surface area contributed by atoms with Crippen molar-refractivity contribution in [2.75, 3.05) is 5.73 Å². The molecule has 2 aliphatic carbocycles. The van der Waals surface area contributed by atoms with Gasteiger partial charge >= 0.3 is 0 Å². The third-order valence-electron chi connectivity index (χ3n) is 1.60. The third kappa shape index (κ3) is 0.316. The molecule has 1 nitrogen and oxygen atoms in total. The summed E-state index contributed by atoms with van der Waals surface area (Å²) in [5.74, 6) is 0. The minimum absolute atomic E-state index is 0.944. The van der Waals surface area contributed by atoms with Gasteiger partial charge in [-0.2, -0.15) is 0 Å². The minimum Gasteiger partial charge on any atom is -0.398 e.